The van der Waals surface area contributed by atoms with Crippen molar-refractivity contribution in [2.24, 2.45) is 0 Å². The normalized spacial score (nSPS) is 19.4. The summed E-state index contributed by atoms with van der Waals surface area (Å²) < 4.78 is 0. The van der Waals surface area contributed by atoms with E-state index in [0.29, 0.717) is 6.42 Å². The summed E-state index contributed by atoms with van der Waals surface area (Å²) in [4.78, 5) is 2.62. The van der Waals surface area contributed by atoms with Gasteiger partial charge in [-0.25, -0.2) is 0 Å². The van der Waals surface area contributed by atoms with Gasteiger partial charge in [0, 0.05) is 24.6 Å². The van der Waals surface area contributed by atoms with E-state index in [9.17, 15) is 0 Å². The molecule has 0 spiro atoms. The highest BCUT2D eigenvalue weighted by molar-refractivity contribution is 5.36. The molecular formula is C18H25NO. The molecule has 0 saturated carbocycles. The molecule has 2 heteroatoms. The molecule has 2 rings (SSSR count). The fourth-order valence-electron chi connectivity index (χ4n) is 2.88. The van der Waals surface area contributed by atoms with Crippen LogP contribution in [-0.2, 0) is 6.54 Å². The zero-order valence-electron chi connectivity index (χ0n) is 12.4. The molecule has 1 unspecified atom stereocenters. The van der Waals surface area contributed by atoms with Crippen LogP contribution in [-0.4, -0.2) is 29.2 Å². The standard InChI is InChI=1S/C18H25NO/c1-2-18-8-3-5-13-19(18)15-17-11-9-16(10-12-17)7-4-6-14-20/h9-12,18,20H,2-3,5-6,8,13-15H2,1H3. The van der Waals surface area contributed by atoms with Gasteiger partial charge in [-0.05, 0) is 43.5 Å². The van der Waals surface area contributed by atoms with E-state index in [1.165, 1.54) is 37.8 Å². The molecule has 2 nitrogen and oxygen atoms in total. The maximum atomic E-state index is 8.71. The molecule has 1 atom stereocenters. The predicted octanol–water partition coefficient (Wildman–Crippen LogP) is 3.19. The Hall–Kier alpha value is -1.30. The van der Waals surface area contributed by atoms with Crippen LogP contribution in [0.2, 0.25) is 0 Å². The lowest BCUT2D eigenvalue weighted by atomic mass is 9.99. The van der Waals surface area contributed by atoms with Crippen molar-refractivity contribution in [1.82, 2.24) is 4.90 Å². The Morgan fingerprint density at radius 3 is 2.75 bits per heavy atom. The third-order valence-electron chi connectivity index (χ3n) is 4.03. The Labute approximate surface area is 122 Å². The van der Waals surface area contributed by atoms with Crippen LogP contribution < -0.4 is 0 Å². The van der Waals surface area contributed by atoms with Gasteiger partial charge >= 0.3 is 0 Å². The van der Waals surface area contributed by atoms with Crippen LogP contribution in [0, 0.1) is 11.8 Å². The molecule has 0 bridgehead atoms. The molecule has 108 valence electrons. The van der Waals surface area contributed by atoms with Crippen LogP contribution in [0.15, 0.2) is 24.3 Å². The van der Waals surface area contributed by atoms with Crippen molar-refractivity contribution in [3.63, 3.8) is 0 Å². The minimum atomic E-state index is 0.137. The second-order valence-electron chi connectivity index (χ2n) is 5.50. The predicted molar refractivity (Wildman–Crippen MR) is 83.4 cm³/mol. The summed E-state index contributed by atoms with van der Waals surface area (Å²) >= 11 is 0. The van der Waals surface area contributed by atoms with Crippen molar-refractivity contribution < 1.29 is 5.11 Å². The number of piperidine rings is 1. The maximum Gasteiger partial charge on any atom is 0.0540 e. The third-order valence-corrected chi connectivity index (χ3v) is 4.03. The van der Waals surface area contributed by atoms with Gasteiger partial charge in [0.2, 0.25) is 0 Å². The van der Waals surface area contributed by atoms with Gasteiger partial charge in [-0.2, -0.15) is 0 Å². The average Bonchev–Trinajstić information content (AvgIpc) is 2.50. The van der Waals surface area contributed by atoms with Gasteiger partial charge in [-0.15, -0.1) is 0 Å². The first-order chi connectivity index (χ1) is 9.83. The molecule has 0 aliphatic carbocycles. The lowest BCUT2D eigenvalue weighted by Crippen LogP contribution is -2.38. The number of hydrogen-bond acceptors (Lipinski definition) is 2. The molecule has 1 saturated heterocycles. The second-order valence-corrected chi connectivity index (χ2v) is 5.50. The lowest BCUT2D eigenvalue weighted by molar-refractivity contribution is 0.136. The lowest BCUT2D eigenvalue weighted by Gasteiger charge is -2.35. The van der Waals surface area contributed by atoms with E-state index in [0.717, 1.165) is 18.2 Å². The van der Waals surface area contributed by atoms with E-state index in [2.05, 4.69) is 47.9 Å². The van der Waals surface area contributed by atoms with Crippen LogP contribution in [0.3, 0.4) is 0 Å². The molecule has 0 aromatic heterocycles. The topological polar surface area (TPSA) is 23.5 Å². The van der Waals surface area contributed by atoms with Crippen LogP contribution >= 0.6 is 0 Å². The first-order valence-electron chi connectivity index (χ1n) is 7.76. The molecule has 1 aliphatic rings. The number of aliphatic hydroxyl groups excluding tert-OH is 1. The number of nitrogens with zero attached hydrogens (tertiary/aromatic N) is 1. The fraction of sp³-hybridized carbons (Fsp3) is 0.556. The Balaban J connectivity index is 1.94. The van der Waals surface area contributed by atoms with Gasteiger partial charge in [-0.1, -0.05) is 37.3 Å². The number of rotatable bonds is 4. The monoisotopic (exact) mass is 271 g/mol. The molecule has 0 radical (unpaired) electrons. The SMILES string of the molecule is CCC1CCCCN1Cc1ccc(C#CCCO)cc1. The van der Waals surface area contributed by atoms with Gasteiger partial charge in [-0.3, -0.25) is 4.90 Å². The number of hydrogen-bond donors (Lipinski definition) is 1. The molecule has 0 amide bonds. The van der Waals surface area contributed by atoms with Gasteiger partial charge in [0.1, 0.15) is 0 Å². The fourth-order valence-corrected chi connectivity index (χ4v) is 2.88. The Bertz CT molecular complexity index is 455. The summed E-state index contributed by atoms with van der Waals surface area (Å²) in [5.74, 6) is 6.03. The van der Waals surface area contributed by atoms with E-state index in [4.69, 9.17) is 5.11 Å². The van der Waals surface area contributed by atoms with Crippen molar-refractivity contribution in [2.45, 2.75) is 51.6 Å². The van der Waals surface area contributed by atoms with Crippen LogP contribution in [0.25, 0.3) is 0 Å². The zero-order chi connectivity index (χ0) is 14.2. The molecule has 20 heavy (non-hydrogen) atoms. The van der Waals surface area contributed by atoms with Crippen molar-refractivity contribution in [3.05, 3.63) is 35.4 Å². The van der Waals surface area contributed by atoms with Crippen LogP contribution in [0.4, 0.5) is 0 Å². The second kappa shape index (κ2) is 8.09. The highest BCUT2D eigenvalue weighted by atomic mass is 16.2. The molecule has 1 aliphatic heterocycles. The minimum absolute atomic E-state index is 0.137. The van der Waals surface area contributed by atoms with Crippen molar-refractivity contribution in [3.8, 4) is 11.8 Å². The summed E-state index contributed by atoms with van der Waals surface area (Å²) in [6.45, 7) is 4.72. The summed E-state index contributed by atoms with van der Waals surface area (Å²) in [5.41, 5.74) is 2.41. The number of benzene rings is 1. The highest BCUT2D eigenvalue weighted by Crippen LogP contribution is 2.21. The summed E-state index contributed by atoms with van der Waals surface area (Å²) in [6.07, 6.45) is 5.87. The smallest absolute Gasteiger partial charge is 0.0540 e. The quantitative estimate of drug-likeness (QED) is 0.850. The molecular weight excluding hydrogens is 246 g/mol. The molecule has 1 N–H and O–H groups in total. The molecule has 1 aromatic carbocycles. The van der Waals surface area contributed by atoms with E-state index in [1.54, 1.807) is 0 Å². The van der Waals surface area contributed by atoms with E-state index in [-0.39, 0.29) is 6.61 Å². The summed E-state index contributed by atoms with van der Waals surface area (Å²) in [7, 11) is 0. The largest absolute Gasteiger partial charge is 0.395 e. The van der Waals surface area contributed by atoms with Crippen molar-refractivity contribution in [2.75, 3.05) is 13.2 Å². The van der Waals surface area contributed by atoms with Crippen molar-refractivity contribution >= 4 is 0 Å². The Morgan fingerprint density at radius 2 is 2.05 bits per heavy atom. The van der Waals surface area contributed by atoms with Gasteiger partial charge < -0.3 is 5.11 Å². The summed E-state index contributed by atoms with van der Waals surface area (Å²) in [5, 5.41) is 8.71. The number of likely N-dealkylation sites (tertiary alicyclic amines) is 1. The number of aliphatic hydroxyl groups is 1. The zero-order valence-corrected chi connectivity index (χ0v) is 12.4. The van der Waals surface area contributed by atoms with Crippen LogP contribution in [0.1, 0.15) is 50.2 Å². The average molecular weight is 271 g/mol. The first-order valence-corrected chi connectivity index (χ1v) is 7.76. The van der Waals surface area contributed by atoms with E-state index >= 15 is 0 Å². The Kier molecular flexibility index (Phi) is 6.11. The summed E-state index contributed by atoms with van der Waals surface area (Å²) in [6, 6.07) is 9.30. The van der Waals surface area contributed by atoms with Gasteiger partial charge in [0.05, 0.1) is 6.61 Å². The van der Waals surface area contributed by atoms with Crippen molar-refractivity contribution in [1.29, 1.82) is 0 Å². The van der Waals surface area contributed by atoms with Crippen LogP contribution in [0.5, 0.6) is 0 Å². The molecule has 1 aromatic rings. The van der Waals surface area contributed by atoms with E-state index < -0.39 is 0 Å². The molecule has 1 heterocycles. The van der Waals surface area contributed by atoms with E-state index in [1.807, 2.05) is 0 Å². The van der Waals surface area contributed by atoms with Gasteiger partial charge in [0.25, 0.3) is 0 Å². The minimum Gasteiger partial charge on any atom is -0.395 e. The highest BCUT2D eigenvalue weighted by Gasteiger charge is 2.20. The third kappa shape index (κ3) is 4.37. The Morgan fingerprint density at radius 1 is 1.25 bits per heavy atom. The molecule has 1 fully saturated rings. The van der Waals surface area contributed by atoms with Gasteiger partial charge in [0.15, 0.2) is 0 Å². The first kappa shape index (κ1) is 15.1. The maximum absolute atomic E-state index is 8.71.